The van der Waals surface area contributed by atoms with Gasteiger partial charge >= 0.3 is 0 Å². The second-order valence-electron chi connectivity index (χ2n) is 6.25. The number of rotatable bonds is 4. The molecular weight excluding hydrogens is 325 g/mol. The first kappa shape index (κ1) is 17.1. The monoisotopic (exact) mass is 345 g/mol. The normalized spacial score (nSPS) is 20.0. The maximum absolute atomic E-state index is 13.8. The lowest BCUT2D eigenvalue weighted by molar-refractivity contribution is -0.138. The molecule has 1 aliphatic rings. The molecule has 2 heterocycles. The van der Waals surface area contributed by atoms with E-state index in [0.717, 1.165) is 10.9 Å². The van der Waals surface area contributed by atoms with Crippen LogP contribution in [0.5, 0.6) is 0 Å². The van der Waals surface area contributed by atoms with Gasteiger partial charge in [0.05, 0.1) is 6.54 Å². The molecule has 0 aliphatic carbocycles. The lowest BCUT2D eigenvalue weighted by atomic mass is 10.1. The molecule has 1 aliphatic heterocycles. The van der Waals surface area contributed by atoms with Gasteiger partial charge in [-0.1, -0.05) is 18.2 Å². The second kappa shape index (κ2) is 6.66. The Kier molecular flexibility index (Phi) is 4.57. The van der Waals surface area contributed by atoms with Gasteiger partial charge in [-0.3, -0.25) is 14.4 Å². The van der Waals surface area contributed by atoms with Crippen LogP contribution in [0.15, 0.2) is 30.5 Å². The summed E-state index contributed by atoms with van der Waals surface area (Å²) < 4.78 is 15.4. The number of para-hydroxylation sites is 1. The number of likely N-dealkylation sites (N-methyl/N-ethyl adjacent to an activating group) is 1. The summed E-state index contributed by atoms with van der Waals surface area (Å²) in [5, 5.41) is 3.25. The Morgan fingerprint density at radius 2 is 2.00 bits per heavy atom. The number of aromatic nitrogens is 1. The highest BCUT2D eigenvalue weighted by molar-refractivity contribution is 6.07. The van der Waals surface area contributed by atoms with Crippen LogP contribution in [0.2, 0.25) is 0 Å². The fraction of sp³-hybridized carbons (Fsp3) is 0.389. The summed E-state index contributed by atoms with van der Waals surface area (Å²) >= 11 is 0. The molecule has 2 amide bonds. The highest BCUT2D eigenvalue weighted by Gasteiger charge is 2.39. The van der Waals surface area contributed by atoms with Gasteiger partial charge < -0.3 is 14.8 Å². The third kappa shape index (κ3) is 3.14. The van der Waals surface area contributed by atoms with Crippen molar-refractivity contribution in [2.75, 3.05) is 13.6 Å². The second-order valence-corrected chi connectivity index (χ2v) is 6.25. The molecule has 0 radical (unpaired) electrons. The number of nitrogens with one attached hydrogen (secondary N) is 1. The average Bonchev–Trinajstić information content (AvgIpc) is 3.15. The van der Waals surface area contributed by atoms with E-state index >= 15 is 0 Å². The largest absolute Gasteiger partial charge is 0.357 e. The van der Waals surface area contributed by atoms with Crippen LogP contribution in [0.3, 0.4) is 0 Å². The summed E-state index contributed by atoms with van der Waals surface area (Å²) in [4.78, 5) is 37.7. The van der Waals surface area contributed by atoms with Crippen molar-refractivity contribution in [1.82, 2.24) is 14.8 Å². The number of hydrogen-bond donors (Lipinski definition) is 1. The number of benzene rings is 1. The predicted octanol–water partition coefficient (Wildman–Crippen LogP) is 1.53. The number of carbonyl (C=O) groups is 3. The number of ketones is 1. The molecule has 0 spiro atoms. The summed E-state index contributed by atoms with van der Waals surface area (Å²) in [7, 11) is 1.47. The third-order valence-electron chi connectivity index (χ3n) is 4.59. The summed E-state index contributed by atoms with van der Waals surface area (Å²) in [6.07, 6.45) is 0.444. The van der Waals surface area contributed by atoms with E-state index in [1.807, 2.05) is 24.3 Å². The van der Waals surface area contributed by atoms with Crippen molar-refractivity contribution in [3.63, 3.8) is 0 Å². The van der Waals surface area contributed by atoms with Crippen molar-refractivity contribution in [2.45, 2.75) is 32.1 Å². The number of Topliss-reactive ketones (excluding diaryl/α,β-unsaturated/α-hetero) is 1. The molecule has 1 aromatic carbocycles. The molecule has 1 aromatic heterocycles. The SMILES string of the molecule is CNC(=O)C1CC(F)CN1C(=O)Cn1cc(C(C)=O)c2ccccc21. The van der Waals surface area contributed by atoms with Crippen molar-refractivity contribution in [3.05, 3.63) is 36.0 Å². The van der Waals surface area contributed by atoms with Crippen LogP contribution >= 0.6 is 0 Å². The van der Waals surface area contributed by atoms with Gasteiger partial charge in [-0.15, -0.1) is 0 Å². The van der Waals surface area contributed by atoms with Crippen LogP contribution in [-0.2, 0) is 16.1 Å². The van der Waals surface area contributed by atoms with E-state index in [9.17, 15) is 18.8 Å². The molecule has 0 bridgehead atoms. The van der Waals surface area contributed by atoms with E-state index in [-0.39, 0.29) is 37.1 Å². The Morgan fingerprint density at radius 3 is 2.68 bits per heavy atom. The molecule has 1 saturated heterocycles. The minimum Gasteiger partial charge on any atom is -0.357 e. The van der Waals surface area contributed by atoms with Crippen molar-refractivity contribution < 1.29 is 18.8 Å². The van der Waals surface area contributed by atoms with E-state index in [1.54, 1.807) is 10.8 Å². The topological polar surface area (TPSA) is 71.4 Å². The molecule has 132 valence electrons. The molecule has 2 aromatic rings. The van der Waals surface area contributed by atoms with Crippen molar-refractivity contribution in [3.8, 4) is 0 Å². The van der Waals surface area contributed by atoms with E-state index in [0.29, 0.717) is 5.56 Å². The maximum Gasteiger partial charge on any atom is 0.243 e. The molecule has 6 nitrogen and oxygen atoms in total. The fourth-order valence-electron chi connectivity index (χ4n) is 3.37. The zero-order valence-corrected chi connectivity index (χ0v) is 14.2. The van der Waals surface area contributed by atoms with Crippen LogP contribution in [0.4, 0.5) is 4.39 Å². The zero-order chi connectivity index (χ0) is 18.1. The van der Waals surface area contributed by atoms with Gasteiger partial charge in [0.15, 0.2) is 5.78 Å². The van der Waals surface area contributed by atoms with Crippen molar-refractivity contribution >= 4 is 28.5 Å². The first-order valence-electron chi connectivity index (χ1n) is 8.16. The van der Waals surface area contributed by atoms with Gasteiger partial charge in [-0.05, 0) is 13.0 Å². The zero-order valence-electron chi connectivity index (χ0n) is 14.2. The van der Waals surface area contributed by atoms with Crippen LogP contribution in [0.1, 0.15) is 23.7 Å². The highest BCUT2D eigenvalue weighted by Crippen LogP contribution is 2.24. The van der Waals surface area contributed by atoms with Gasteiger partial charge in [0.25, 0.3) is 0 Å². The lowest BCUT2D eigenvalue weighted by Crippen LogP contribution is -2.46. The highest BCUT2D eigenvalue weighted by atomic mass is 19.1. The first-order valence-corrected chi connectivity index (χ1v) is 8.16. The van der Waals surface area contributed by atoms with E-state index < -0.39 is 12.2 Å². The smallest absolute Gasteiger partial charge is 0.243 e. The molecule has 1 fully saturated rings. The first-order chi connectivity index (χ1) is 11.9. The molecule has 2 unspecified atom stereocenters. The van der Waals surface area contributed by atoms with Crippen molar-refractivity contribution in [2.24, 2.45) is 0 Å². The Hall–Kier alpha value is -2.70. The molecule has 1 N–H and O–H groups in total. The number of alkyl halides is 1. The Labute approximate surface area is 144 Å². The van der Waals surface area contributed by atoms with Gasteiger partial charge in [0, 0.05) is 36.1 Å². The van der Waals surface area contributed by atoms with E-state index in [4.69, 9.17) is 0 Å². The number of carbonyl (C=O) groups excluding carboxylic acids is 3. The van der Waals surface area contributed by atoms with E-state index in [1.165, 1.54) is 18.9 Å². The molecule has 2 atom stereocenters. The van der Waals surface area contributed by atoms with Crippen LogP contribution < -0.4 is 5.32 Å². The molecular formula is C18H20FN3O3. The van der Waals surface area contributed by atoms with Crippen LogP contribution in [0.25, 0.3) is 10.9 Å². The fourth-order valence-corrected chi connectivity index (χ4v) is 3.37. The Balaban J connectivity index is 1.89. The molecule has 0 saturated carbocycles. The van der Waals surface area contributed by atoms with Gasteiger partial charge in [0.2, 0.25) is 11.8 Å². The Bertz CT molecular complexity index is 845. The number of halogens is 1. The van der Waals surface area contributed by atoms with Crippen LogP contribution in [-0.4, -0.2) is 52.9 Å². The number of amides is 2. The molecule has 7 heteroatoms. The number of nitrogens with zero attached hydrogens (tertiary/aromatic N) is 2. The standard InChI is InChI=1S/C18H20FN3O3/c1-11(23)14-9-21(15-6-4-3-5-13(14)15)10-17(24)22-8-12(19)7-16(22)18(25)20-2/h3-6,9,12,16H,7-8,10H2,1-2H3,(H,20,25). The van der Waals surface area contributed by atoms with Crippen molar-refractivity contribution in [1.29, 1.82) is 0 Å². The maximum atomic E-state index is 13.8. The van der Waals surface area contributed by atoms with Gasteiger partial charge in [-0.25, -0.2) is 4.39 Å². The number of fused-ring (bicyclic) bond motifs is 1. The minimum absolute atomic E-state index is 0.0105. The van der Waals surface area contributed by atoms with Crippen LogP contribution in [0, 0.1) is 0 Å². The summed E-state index contributed by atoms with van der Waals surface area (Å²) in [5.74, 6) is -0.796. The third-order valence-corrected chi connectivity index (χ3v) is 4.59. The lowest BCUT2D eigenvalue weighted by Gasteiger charge is -2.23. The summed E-state index contributed by atoms with van der Waals surface area (Å²) in [5.41, 5.74) is 1.30. The Morgan fingerprint density at radius 1 is 1.28 bits per heavy atom. The number of likely N-dealkylation sites (tertiary alicyclic amines) is 1. The molecule has 3 rings (SSSR count). The van der Waals surface area contributed by atoms with Gasteiger partial charge in [0.1, 0.15) is 18.8 Å². The van der Waals surface area contributed by atoms with E-state index in [2.05, 4.69) is 5.32 Å². The minimum atomic E-state index is -1.21. The number of hydrogen-bond acceptors (Lipinski definition) is 3. The quantitative estimate of drug-likeness (QED) is 0.854. The predicted molar refractivity (Wildman–Crippen MR) is 91.0 cm³/mol. The summed E-state index contributed by atoms with van der Waals surface area (Å²) in [6.45, 7) is 1.34. The molecule has 25 heavy (non-hydrogen) atoms. The van der Waals surface area contributed by atoms with Gasteiger partial charge in [-0.2, -0.15) is 0 Å². The average molecular weight is 345 g/mol. The summed E-state index contributed by atoms with van der Waals surface area (Å²) in [6, 6.07) is 6.52.